The van der Waals surface area contributed by atoms with Crippen molar-refractivity contribution in [2.45, 2.75) is 45.6 Å². The number of hydrogen-bond donors (Lipinski definition) is 1. The molecule has 0 saturated carbocycles. The fraction of sp³-hybridized carbons (Fsp3) is 0.524. The van der Waals surface area contributed by atoms with E-state index in [1.54, 1.807) is 6.07 Å². The van der Waals surface area contributed by atoms with Crippen LogP contribution in [0.1, 0.15) is 47.8 Å². The third-order valence-electron chi connectivity index (χ3n) is 5.60. The lowest BCUT2D eigenvalue weighted by atomic mass is 10.0. The van der Waals surface area contributed by atoms with Crippen LogP contribution in [0.4, 0.5) is 4.39 Å². The number of aryl methyl sites for hydroxylation is 2. The zero-order valence-electron chi connectivity index (χ0n) is 16.5. The van der Waals surface area contributed by atoms with Gasteiger partial charge in [0, 0.05) is 31.3 Å². The Balaban J connectivity index is 1.61. The van der Waals surface area contributed by atoms with Crippen molar-refractivity contribution < 1.29 is 9.18 Å². The minimum atomic E-state index is -0.203. The van der Waals surface area contributed by atoms with Crippen LogP contribution in [0.2, 0.25) is 0 Å². The van der Waals surface area contributed by atoms with E-state index in [1.165, 1.54) is 6.07 Å². The predicted octanol–water partition coefficient (Wildman–Crippen LogP) is 3.06. The van der Waals surface area contributed by atoms with Crippen molar-refractivity contribution in [3.8, 4) is 0 Å². The number of rotatable bonds is 7. The summed E-state index contributed by atoms with van der Waals surface area (Å²) in [5, 5.41) is 7.43. The number of halogens is 1. The summed E-state index contributed by atoms with van der Waals surface area (Å²) >= 11 is 0. The average Bonchev–Trinajstić information content (AvgIpc) is 3.25. The van der Waals surface area contributed by atoms with Gasteiger partial charge in [-0.15, -0.1) is 0 Å². The van der Waals surface area contributed by atoms with Crippen molar-refractivity contribution in [1.29, 1.82) is 0 Å². The molecule has 1 aromatic carbocycles. The Hall–Kier alpha value is -2.21. The molecule has 1 atom stereocenters. The monoisotopic (exact) mass is 372 g/mol. The van der Waals surface area contributed by atoms with Gasteiger partial charge in [-0.25, -0.2) is 4.39 Å². The Morgan fingerprint density at radius 2 is 1.96 bits per heavy atom. The van der Waals surface area contributed by atoms with Gasteiger partial charge in [-0.05, 0) is 57.8 Å². The van der Waals surface area contributed by atoms with Gasteiger partial charge in [0.2, 0.25) is 5.91 Å². The average molecular weight is 372 g/mol. The van der Waals surface area contributed by atoms with Crippen molar-refractivity contribution in [3.63, 3.8) is 0 Å². The van der Waals surface area contributed by atoms with Crippen LogP contribution in [0.3, 0.4) is 0 Å². The molecular weight excluding hydrogens is 343 g/mol. The molecule has 1 aromatic heterocycles. The maximum absolute atomic E-state index is 14.3. The van der Waals surface area contributed by atoms with E-state index in [0.717, 1.165) is 42.9 Å². The third kappa shape index (κ3) is 4.56. The van der Waals surface area contributed by atoms with E-state index in [0.29, 0.717) is 24.9 Å². The SMILES string of the molecule is Cc1nn(C)c(C)c1CCC(=O)NC[C@@H](c1ccccc1F)N1CCCC1. The number of amides is 1. The van der Waals surface area contributed by atoms with Crippen molar-refractivity contribution in [1.82, 2.24) is 20.0 Å². The number of nitrogens with one attached hydrogen (secondary N) is 1. The van der Waals surface area contributed by atoms with Gasteiger partial charge in [0.1, 0.15) is 5.82 Å². The first-order valence-electron chi connectivity index (χ1n) is 9.71. The smallest absolute Gasteiger partial charge is 0.220 e. The zero-order chi connectivity index (χ0) is 19.4. The molecule has 5 nitrogen and oxygen atoms in total. The quantitative estimate of drug-likeness (QED) is 0.813. The lowest BCUT2D eigenvalue weighted by Gasteiger charge is -2.28. The Morgan fingerprint density at radius 1 is 1.26 bits per heavy atom. The topological polar surface area (TPSA) is 50.2 Å². The van der Waals surface area contributed by atoms with E-state index in [4.69, 9.17) is 0 Å². The molecule has 146 valence electrons. The van der Waals surface area contributed by atoms with Crippen LogP contribution in [-0.2, 0) is 18.3 Å². The largest absolute Gasteiger partial charge is 0.354 e. The lowest BCUT2D eigenvalue weighted by Crippen LogP contribution is -2.37. The van der Waals surface area contributed by atoms with Crippen LogP contribution in [0.5, 0.6) is 0 Å². The number of carbonyl (C=O) groups is 1. The molecule has 0 unspecified atom stereocenters. The van der Waals surface area contributed by atoms with E-state index in [1.807, 2.05) is 37.7 Å². The number of aromatic nitrogens is 2. The van der Waals surface area contributed by atoms with E-state index in [-0.39, 0.29) is 17.8 Å². The maximum atomic E-state index is 14.3. The van der Waals surface area contributed by atoms with Gasteiger partial charge in [-0.1, -0.05) is 18.2 Å². The number of likely N-dealkylation sites (tertiary alicyclic amines) is 1. The molecule has 1 amide bonds. The van der Waals surface area contributed by atoms with Gasteiger partial charge in [0.15, 0.2) is 0 Å². The summed E-state index contributed by atoms with van der Waals surface area (Å²) in [6, 6.07) is 6.77. The van der Waals surface area contributed by atoms with Crippen molar-refractivity contribution in [3.05, 3.63) is 52.6 Å². The van der Waals surface area contributed by atoms with E-state index in [2.05, 4.69) is 15.3 Å². The van der Waals surface area contributed by atoms with E-state index >= 15 is 0 Å². The Bertz CT molecular complexity index is 795. The van der Waals surface area contributed by atoms with Crippen molar-refractivity contribution in [2.24, 2.45) is 7.05 Å². The van der Waals surface area contributed by atoms with E-state index in [9.17, 15) is 9.18 Å². The van der Waals surface area contributed by atoms with Crippen LogP contribution >= 0.6 is 0 Å². The zero-order valence-corrected chi connectivity index (χ0v) is 16.5. The predicted molar refractivity (Wildman–Crippen MR) is 104 cm³/mol. The van der Waals surface area contributed by atoms with Gasteiger partial charge >= 0.3 is 0 Å². The highest BCUT2D eigenvalue weighted by atomic mass is 19.1. The molecule has 0 spiro atoms. The Morgan fingerprint density at radius 3 is 2.59 bits per heavy atom. The molecule has 1 aliphatic heterocycles. The molecule has 3 rings (SSSR count). The summed E-state index contributed by atoms with van der Waals surface area (Å²) in [6.07, 6.45) is 3.33. The molecule has 0 aliphatic carbocycles. The van der Waals surface area contributed by atoms with Gasteiger partial charge < -0.3 is 5.32 Å². The van der Waals surface area contributed by atoms with Crippen LogP contribution in [0, 0.1) is 19.7 Å². The van der Waals surface area contributed by atoms with Gasteiger partial charge in [-0.2, -0.15) is 5.10 Å². The highest BCUT2D eigenvalue weighted by Gasteiger charge is 2.26. The highest BCUT2D eigenvalue weighted by Crippen LogP contribution is 2.26. The first-order valence-corrected chi connectivity index (χ1v) is 9.71. The summed E-state index contributed by atoms with van der Waals surface area (Å²) in [4.78, 5) is 14.7. The molecule has 0 bridgehead atoms. The minimum Gasteiger partial charge on any atom is -0.354 e. The summed E-state index contributed by atoms with van der Waals surface area (Å²) in [5.41, 5.74) is 3.88. The molecule has 2 heterocycles. The highest BCUT2D eigenvalue weighted by molar-refractivity contribution is 5.76. The van der Waals surface area contributed by atoms with Crippen LogP contribution in [-0.4, -0.2) is 40.2 Å². The second-order valence-electron chi connectivity index (χ2n) is 7.36. The standard InChI is InChI=1S/C21H29FN4O/c1-15-17(16(2)25(3)24-15)10-11-21(27)23-14-20(26-12-6-7-13-26)18-8-4-5-9-19(18)22/h4-5,8-9,20H,6-7,10-14H2,1-3H3,(H,23,27)/t20-/m0/s1. The molecule has 1 fully saturated rings. The summed E-state index contributed by atoms with van der Waals surface area (Å²) in [6.45, 7) is 6.33. The molecular formula is C21H29FN4O. The van der Waals surface area contributed by atoms with Crippen LogP contribution in [0.15, 0.2) is 24.3 Å². The Labute approximate surface area is 160 Å². The molecule has 1 saturated heterocycles. The number of nitrogens with zero attached hydrogens (tertiary/aromatic N) is 3. The number of carbonyl (C=O) groups excluding carboxylic acids is 1. The lowest BCUT2D eigenvalue weighted by molar-refractivity contribution is -0.121. The van der Waals surface area contributed by atoms with Gasteiger partial charge in [-0.3, -0.25) is 14.4 Å². The molecule has 2 aromatic rings. The molecule has 0 radical (unpaired) electrons. The third-order valence-corrected chi connectivity index (χ3v) is 5.60. The fourth-order valence-electron chi connectivity index (χ4n) is 3.95. The first kappa shape index (κ1) is 19.5. The number of hydrogen-bond acceptors (Lipinski definition) is 3. The maximum Gasteiger partial charge on any atom is 0.220 e. The second kappa shape index (κ2) is 8.65. The summed E-state index contributed by atoms with van der Waals surface area (Å²) < 4.78 is 16.2. The number of benzene rings is 1. The van der Waals surface area contributed by atoms with Crippen LogP contribution < -0.4 is 5.32 Å². The van der Waals surface area contributed by atoms with Crippen molar-refractivity contribution in [2.75, 3.05) is 19.6 Å². The summed E-state index contributed by atoms with van der Waals surface area (Å²) in [7, 11) is 1.92. The van der Waals surface area contributed by atoms with Crippen molar-refractivity contribution >= 4 is 5.91 Å². The fourth-order valence-corrected chi connectivity index (χ4v) is 3.95. The van der Waals surface area contributed by atoms with Gasteiger partial charge in [0.05, 0.1) is 11.7 Å². The molecule has 27 heavy (non-hydrogen) atoms. The van der Waals surface area contributed by atoms with Crippen LogP contribution in [0.25, 0.3) is 0 Å². The Kier molecular flexibility index (Phi) is 6.26. The van der Waals surface area contributed by atoms with Gasteiger partial charge in [0.25, 0.3) is 0 Å². The minimum absolute atomic E-state index is 0.00168. The normalized spacial score (nSPS) is 15.9. The molecule has 1 N–H and O–H groups in total. The second-order valence-corrected chi connectivity index (χ2v) is 7.36. The molecule has 1 aliphatic rings. The molecule has 6 heteroatoms. The van der Waals surface area contributed by atoms with E-state index < -0.39 is 0 Å². The summed E-state index contributed by atoms with van der Waals surface area (Å²) in [5.74, 6) is -0.205. The first-order chi connectivity index (χ1) is 13.0.